The van der Waals surface area contributed by atoms with E-state index in [1.165, 1.54) is 6.07 Å². The van der Waals surface area contributed by atoms with Crippen LogP contribution >= 0.6 is 0 Å². The maximum Gasteiger partial charge on any atom is 0.223 e. The van der Waals surface area contributed by atoms with Gasteiger partial charge in [-0.25, -0.2) is 4.39 Å². The van der Waals surface area contributed by atoms with Crippen LogP contribution in [0, 0.1) is 11.7 Å². The second kappa shape index (κ2) is 10.4. The fraction of sp³-hybridized carbons (Fsp3) is 0.458. The lowest BCUT2D eigenvalue weighted by atomic mass is 9.94. The molecule has 1 amide bonds. The standard InChI is InChI=1S/C24H31FN2O3/c1-4-21(18-9-10-22(29-2)23(15-18)30-3)26-24(28)17-11-13-27(14-12-17)16-19-7-5-6-8-20(19)25/h5-10,15,17,21H,4,11-14,16H2,1-3H3,(H,26,28). The molecule has 2 aromatic carbocycles. The van der Waals surface area contributed by atoms with Gasteiger partial charge in [-0.15, -0.1) is 0 Å². The molecular weight excluding hydrogens is 383 g/mol. The van der Waals surface area contributed by atoms with Gasteiger partial charge in [0, 0.05) is 18.0 Å². The summed E-state index contributed by atoms with van der Waals surface area (Å²) in [6, 6.07) is 12.6. The molecule has 0 aliphatic carbocycles. The Hall–Kier alpha value is -2.60. The van der Waals surface area contributed by atoms with E-state index in [0.717, 1.165) is 37.9 Å². The Labute approximate surface area is 178 Å². The Morgan fingerprint density at radius 1 is 1.13 bits per heavy atom. The van der Waals surface area contributed by atoms with Crippen molar-refractivity contribution in [3.8, 4) is 11.5 Å². The second-order valence-corrected chi connectivity index (χ2v) is 7.73. The van der Waals surface area contributed by atoms with Crippen molar-refractivity contribution in [2.45, 2.75) is 38.8 Å². The zero-order valence-electron chi connectivity index (χ0n) is 18.0. The molecule has 0 spiro atoms. The summed E-state index contributed by atoms with van der Waals surface area (Å²) in [5.74, 6) is 1.23. The molecule has 1 aliphatic rings. The van der Waals surface area contributed by atoms with E-state index in [1.807, 2.05) is 30.3 Å². The van der Waals surface area contributed by atoms with Crippen LogP contribution in [0.25, 0.3) is 0 Å². The molecule has 1 N–H and O–H groups in total. The van der Waals surface area contributed by atoms with Crippen molar-refractivity contribution in [2.24, 2.45) is 5.92 Å². The van der Waals surface area contributed by atoms with Crippen LogP contribution in [0.5, 0.6) is 11.5 Å². The number of nitrogens with one attached hydrogen (secondary N) is 1. The maximum atomic E-state index is 13.9. The van der Waals surface area contributed by atoms with E-state index in [2.05, 4.69) is 17.1 Å². The fourth-order valence-electron chi connectivity index (χ4n) is 4.00. The quantitative estimate of drug-likeness (QED) is 0.699. The molecule has 0 radical (unpaired) electrons. The Bertz CT molecular complexity index is 850. The molecule has 1 unspecified atom stereocenters. The van der Waals surface area contributed by atoms with Crippen LogP contribution in [0.2, 0.25) is 0 Å². The highest BCUT2D eigenvalue weighted by Crippen LogP contribution is 2.31. The summed E-state index contributed by atoms with van der Waals surface area (Å²) in [4.78, 5) is 15.1. The van der Waals surface area contributed by atoms with Crippen molar-refractivity contribution in [1.82, 2.24) is 10.2 Å². The van der Waals surface area contributed by atoms with E-state index in [9.17, 15) is 9.18 Å². The minimum Gasteiger partial charge on any atom is -0.493 e. The summed E-state index contributed by atoms with van der Waals surface area (Å²) < 4.78 is 24.6. The van der Waals surface area contributed by atoms with Gasteiger partial charge in [0.1, 0.15) is 5.82 Å². The number of amides is 1. The smallest absolute Gasteiger partial charge is 0.223 e. The molecule has 162 valence electrons. The van der Waals surface area contributed by atoms with Gasteiger partial charge in [0.05, 0.1) is 20.3 Å². The maximum absolute atomic E-state index is 13.9. The lowest BCUT2D eigenvalue weighted by molar-refractivity contribution is -0.127. The first kappa shape index (κ1) is 22.1. The number of carbonyl (C=O) groups excluding carboxylic acids is 1. The predicted molar refractivity (Wildman–Crippen MR) is 115 cm³/mol. The van der Waals surface area contributed by atoms with Crippen LogP contribution in [0.3, 0.4) is 0 Å². The summed E-state index contributed by atoms with van der Waals surface area (Å²) in [7, 11) is 3.21. The highest BCUT2D eigenvalue weighted by Gasteiger charge is 2.27. The van der Waals surface area contributed by atoms with E-state index in [1.54, 1.807) is 20.3 Å². The molecule has 0 saturated carbocycles. The second-order valence-electron chi connectivity index (χ2n) is 7.73. The summed E-state index contributed by atoms with van der Waals surface area (Å²) in [6.07, 6.45) is 2.35. The minimum absolute atomic E-state index is 0.0175. The van der Waals surface area contributed by atoms with Gasteiger partial charge < -0.3 is 14.8 Å². The number of nitrogens with zero attached hydrogens (tertiary/aromatic N) is 1. The third-order valence-corrected chi connectivity index (χ3v) is 5.84. The molecule has 1 fully saturated rings. The summed E-state index contributed by atoms with van der Waals surface area (Å²) in [5.41, 5.74) is 1.71. The van der Waals surface area contributed by atoms with Crippen LogP contribution in [0.1, 0.15) is 43.4 Å². The first-order chi connectivity index (χ1) is 14.5. The SMILES string of the molecule is CCC(NC(=O)C1CCN(Cc2ccccc2F)CC1)c1ccc(OC)c(OC)c1. The first-order valence-electron chi connectivity index (χ1n) is 10.5. The average molecular weight is 415 g/mol. The number of carbonyl (C=O) groups is 1. The lowest BCUT2D eigenvalue weighted by Crippen LogP contribution is -2.41. The summed E-state index contributed by atoms with van der Waals surface area (Å²) in [5, 5.41) is 3.20. The van der Waals surface area contributed by atoms with Crippen molar-refractivity contribution >= 4 is 5.91 Å². The number of likely N-dealkylation sites (tertiary alicyclic amines) is 1. The van der Waals surface area contributed by atoms with Gasteiger partial charge in [0.2, 0.25) is 5.91 Å². The van der Waals surface area contributed by atoms with Gasteiger partial charge in [-0.3, -0.25) is 9.69 Å². The molecule has 5 nitrogen and oxygen atoms in total. The Morgan fingerprint density at radius 2 is 1.83 bits per heavy atom. The topological polar surface area (TPSA) is 50.8 Å². The van der Waals surface area contributed by atoms with Gasteiger partial charge in [-0.05, 0) is 56.1 Å². The highest BCUT2D eigenvalue weighted by atomic mass is 19.1. The predicted octanol–water partition coefficient (Wildman–Crippen LogP) is 4.32. The molecular formula is C24H31FN2O3. The van der Waals surface area contributed by atoms with Gasteiger partial charge in [0.25, 0.3) is 0 Å². The van der Waals surface area contributed by atoms with Crippen molar-refractivity contribution in [3.63, 3.8) is 0 Å². The van der Waals surface area contributed by atoms with Gasteiger partial charge in [0.15, 0.2) is 11.5 Å². The van der Waals surface area contributed by atoms with Crippen molar-refractivity contribution in [1.29, 1.82) is 0 Å². The zero-order valence-corrected chi connectivity index (χ0v) is 18.0. The van der Waals surface area contributed by atoms with Crippen LogP contribution in [0.15, 0.2) is 42.5 Å². The van der Waals surface area contributed by atoms with E-state index in [-0.39, 0.29) is 23.7 Å². The van der Waals surface area contributed by atoms with Crippen LogP contribution in [0.4, 0.5) is 4.39 Å². The van der Waals surface area contributed by atoms with Gasteiger partial charge in [-0.2, -0.15) is 0 Å². The third-order valence-electron chi connectivity index (χ3n) is 5.84. The Kier molecular flexibility index (Phi) is 7.69. The summed E-state index contributed by atoms with van der Waals surface area (Å²) in [6.45, 7) is 4.22. The number of benzene rings is 2. The molecule has 30 heavy (non-hydrogen) atoms. The molecule has 0 aromatic heterocycles. The molecule has 0 bridgehead atoms. The lowest BCUT2D eigenvalue weighted by Gasteiger charge is -2.32. The third kappa shape index (κ3) is 5.30. The van der Waals surface area contributed by atoms with E-state index >= 15 is 0 Å². The number of hydrogen-bond acceptors (Lipinski definition) is 4. The average Bonchev–Trinajstić information content (AvgIpc) is 2.78. The van der Waals surface area contributed by atoms with Gasteiger partial charge >= 0.3 is 0 Å². The van der Waals surface area contributed by atoms with Crippen LogP contribution in [-0.2, 0) is 11.3 Å². The summed E-state index contributed by atoms with van der Waals surface area (Å²) >= 11 is 0. The molecule has 2 aromatic rings. The molecule has 6 heteroatoms. The number of rotatable bonds is 8. The highest BCUT2D eigenvalue weighted by molar-refractivity contribution is 5.79. The molecule has 1 atom stereocenters. The fourth-order valence-corrected chi connectivity index (χ4v) is 4.00. The van der Waals surface area contributed by atoms with Gasteiger partial charge in [-0.1, -0.05) is 31.2 Å². The number of hydrogen-bond donors (Lipinski definition) is 1. The van der Waals surface area contributed by atoms with E-state index in [4.69, 9.17) is 9.47 Å². The normalized spacial score (nSPS) is 16.1. The number of halogens is 1. The van der Waals surface area contributed by atoms with Crippen molar-refractivity contribution in [3.05, 3.63) is 59.4 Å². The van der Waals surface area contributed by atoms with E-state index in [0.29, 0.717) is 23.6 Å². The number of ether oxygens (including phenoxy) is 2. The van der Waals surface area contributed by atoms with Crippen LogP contribution in [-0.4, -0.2) is 38.1 Å². The van der Waals surface area contributed by atoms with Crippen molar-refractivity contribution < 1.29 is 18.7 Å². The monoisotopic (exact) mass is 414 g/mol. The molecule has 1 heterocycles. The van der Waals surface area contributed by atoms with Crippen molar-refractivity contribution in [2.75, 3.05) is 27.3 Å². The number of methoxy groups -OCH3 is 2. The molecule has 1 saturated heterocycles. The largest absolute Gasteiger partial charge is 0.493 e. The Balaban J connectivity index is 1.56. The Morgan fingerprint density at radius 3 is 2.47 bits per heavy atom. The molecule has 3 rings (SSSR count). The first-order valence-corrected chi connectivity index (χ1v) is 10.5. The minimum atomic E-state index is -0.168. The molecule has 1 aliphatic heterocycles. The van der Waals surface area contributed by atoms with Crippen LogP contribution < -0.4 is 14.8 Å². The number of piperidine rings is 1. The zero-order chi connectivity index (χ0) is 21.5. The van der Waals surface area contributed by atoms with E-state index < -0.39 is 0 Å².